The number of rotatable bonds is 10. The molecule has 0 aliphatic carbocycles. The van der Waals surface area contributed by atoms with Gasteiger partial charge in [-0.05, 0) is 57.7 Å². The van der Waals surface area contributed by atoms with E-state index in [1.807, 2.05) is 14.1 Å². The van der Waals surface area contributed by atoms with Gasteiger partial charge in [-0.25, -0.2) is 4.98 Å². The Bertz CT molecular complexity index is 722. The maximum atomic E-state index is 11.2. The van der Waals surface area contributed by atoms with Crippen molar-refractivity contribution >= 4 is 11.6 Å². The highest BCUT2D eigenvalue weighted by Gasteiger charge is 2.19. The molecule has 2 aromatic rings. The molecule has 1 heterocycles. The molecule has 9 nitrogen and oxygen atoms in total. The van der Waals surface area contributed by atoms with Gasteiger partial charge in [0, 0.05) is 6.54 Å². The third-order valence-corrected chi connectivity index (χ3v) is 3.52. The number of ether oxygens (including phenoxy) is 2. The number of unbranched alkanes of at least 4 members (excludes halogenated alkanes) is 1. The third kappa shape index (κ3) is 5.85. The predicted molar refractivity (Wildman–Crippen MR) is 98.0 cm³/mol. The lowest BCUT2D eigenvalue weighted by molar-refractivity contribution is -0.386. The molecule has 0 saturated heterocycles. The van der Waals surface area contributed by atoms with Crippen molar-refractivity contribution < 1.29 is 14.4 Å². The molecule has 2 rings (SSSR count). The summed E-state index contributed by atoms with van der Waals surface area (Å²) >= 11 is 0. The number of nitro groups is 1. The van der Waals surface area contributed by atoms with Gasteiger partial charge in [0.25, 0.3) is 0 Å². The minimum atomic E-state index is -0.570. The normalized spacial score (nSPS) is 10.6. The topological polar surface area (TPSA) is 103 Å². The van der Waals surface area contributed by atoms with E-state index in [1.54, 1.807) is 31.4 Å². The van der Waals surface area contributed by atoms with Crippen LogP contribution >= 0.6 is 0 Å². The molecule has 0 bridgehead atoms. The summed E-state index contributed by atoms with van der Waals surface area (Å²) in [5.41, 5.74) is -0.293. The molecule has 0 fully saturated rings. The summed E-state index contributed by atoms with van der Waals surface area (Å²) in [7, 11) is 5.60. The van der Waals surface area contributed by atoms with E-state index in [2.05, 4.69) is 20.2 Å². The Morgan fingerprint density at radius 2 is 1.88 bits per heavy atom. The molecule has 0 spiro atoms. The second-order valence-corrected chi connectivity index (χ2v) is 5.86. The summed E-state index contributed by atoms with van der Waals surface area (Å²) in [4.78, 5) is 20.9. The molecule has 1 N–H and O–H groups in total. The van der Waals surface area contributed by atoms with Crippen molar-refractivity contribution in [3.63, 3.8) is 0 Å². The highest BCUT2D eigenvalue weighted by atomic mass is 16.6. The second kappa shape index (κ2) is 9.52. The first-order chi connectivity index (χ1) is 12.5. The molecule has 140 valence electrons. The second-order valence-electron chi connectivity index (χ2n) is 5.86. The smallest absolute Gasteiger partial charge is 0.349 e. The van der Waals surface area contributed by atoms with Crippen LogP contribution in [0.5, 0.6) is 17.4 Å². The van der Waals surface area contributed by atoms with Crippen LogP contribution < -0.4 is 14.8 Å². The number of methoxy groups -OCH3 is 1. The Hall–Kier alpha value is -2.94. The van der Waals surface area contributed by atoms with Crippen LogP contribution in [0.2, 0.25) is 0 Å². The van der Waals surface area contributed by atoms with Gasteiger partial charge in [0.15, 0.2) is 0 Å². The number of nitrogens with zero attached hydrogens (tertiary/aromatic N) is 4. The van der Waals surface area contributed by atoms with Gasteiger partial charge in [0.1, 0.15) is 17.7 Å². The van der Waals surface area contributed by atoms with Gasteiger partial charge in [0.2, 0.25) is 5.95 Å². The molecule has 0 saturated carbocycles. The lowest BCUT2D eigenvalue weighted by atomic mass is 10.3. The predicted octanol–water partition coefficient (Wildman–Crippen LogP) is 2.94. The zero-order chi connectivity index (χ0) is 18.9. The molecular weight excluding hydrogens is 338 g/mol. The molecular formula is C17H23N5O4. The highest BCUT2D eigenvalue weighted by molar-refractivity contribution is 5.45. The number of hydrogen-bond acceptors (Lipinski definition) is 8. The minimum Gasteiger partial charge on any atom is -0.497 e. The minimum absolute atomic E-state index is 0.106. The fourth-order valence-electron chi connectivity index (χ4n) is 2.15. The molecule has 9 heteroatoms. The zero-order valence-corrected chi connectivity index (χ0v) is 15.1. The van der Waals surface area contributed by atoms with Crippen molar-refractivity contribution in [2.75, 3.05) is 39.6 Å². The summed E-state index contributed by atoms with van der Waals surface area (Å²) in [6, 6.07) is 6.70. The lowest BCUT2D eigenvalue weighted by Crippen LogP contribution is -2.14. The fourth-order valence-corrected chi connectivity index (χ4v) is 2.15. The van der Waals surface area contributed by atoms with Gasteiger partial charge < -0.3 is 19.7 Å². The van der Waals surface area contributed by atoms with E-state index in [-0.39, 0.29) is 11.6 Å². The first kappa shape index (κ1) is 19.4. The number of anilines is 1. The van der Waals surface area contributed by atoms with Crippen molar-refractivity contribution in [1.29, 1.82) is 0 Å². The van der Waals surface area contributed by atoms with E-state index < -0.39 is 4.92 Å². The van der Waals surface area contributed by atoms with Crippen molar-refractivity contribution in [2.24, 2.45) is 0 Å². The van der Waals surface area contributed by atoms with Crippen LogP contribution in [0.3, 0.4) is 0 Å². The first-order valence-corrected chi connectivity index (χ1v) is 8.21. The first-order valence-electron chi connectivity index (χ1n) is 8.21. The number of aromatic nitrogens is 2. The van der Waals surface area contributed by atoms with Crippen LogP contribution in [0, 0.1) is 10.1 Å². The van der Waals surface area contributed by atoms with E-state index in [9.17, 15) is 10.1 Å². The molecule has 1 aromatic carbocycles. The summed E-state index contributed by atoms with van der Waals surface area (Å²) < 4.78 is 10.7. The molecule has 0 atom stereocenters. The van der Waals surface area contributed by atoms with Crippen molar-refractivity contribution in [1.82, 2.24) is 14.9 Å². The van der Waals surface area contributed by atoms with E-state index in [4.69, 9.17) is 9.47 Å². The summed E-state index contributed by atoms with van der Waals surface area (Å²) in [6.07, 6.45) is 3.11. The monoisotopic (exact) mass is 361 g/mol. The van der Waals surface area contributed by atoms with Gasteiger partial charge in [-0.3, -0.25) is 10.1 Å². The van der Waals surface area contributed by atoms with Crippen LogP contribution in [-0.2, 0) is 0 Å². The van der Waals surface area contributed by atoms with E-state index in [0.717, 1.165) is 25.6 Å². The van der Waals surface area contributed by atoms with E-state index >= 15 is 0 Å². The van der Waals surface area contributed by atoms with Gasteiger partial charge in [-0.1, -0.05) is 0 Å². The Morgan fingerprint density at radius 3 is 2.50 bits per heavy atom. The van der Waals surface area contributed by atoms with Gasteiger partial charge >= 0.3 is 11.6 Å². The summed E-state index contributed by atoms with van der Waals surface area (Å²) in [5, 5.41) is 14.3. The van der Waals surface area contributed by atoms with Crippen LogP contribution in [0.4, 0.5) is 11.6 Å². The average Bonchev–Trinajstić information content (AvgIpc) is 2.62. The van der Waals surface area contributed by atoms with Crippen molar-refractivity contribution in [3.8, 4) is 17.4 Å². The van der Waals surface area contributed by atoms with Crippen LogP contribution in [0.1, 0.15) is 12.8 Å². The number of nitrogens with one attached hydrogen (secondary N) is 1. The largest absolute Gasteiger partial charge is 0.497 e. The fraction of sp³-hybridized carbons (Fsp3) is 0.412. The maximum absolute atomic E-state index is 11.2. The summed E-state index contributed by atoms with van der Waals surface area (Å²) in [5.74, 6) is 1.27. The van der Waals surface area contributed by atoms with E-state index in [1.165, 1.54) is 0 Å². The number of hydrogen-bond donors (Lipinski definition) is 1. The Kier molecular flexibility index (Phi) is 7.10. The Balaban J connectivity index is 2.05. The summed E-state index contributed by atoms with van der Waals surface area (Å²) in [6.45, 7) is 1.67. The van der Waals surface area contributed by atoms with Gasteiger partial charge in [0.05, 0.1) is 12.0 Å². The molecule has 0 amide bonds. The molecule has 0 radical (unpaired) electrons. The zero-order valence-electron chi connectivity index (χ0n) is 15.1. The van der Waals surface area contributed by atoms with Gasteiger partial charge in [-0.15, -0.1) is 0 Å². The molecule has 26 heavy (non-hydrogen) atoms. The SMILES string of the molecule is COc1ccc(Oc2nc(NCCCCN(C)C)ncc2[N+](=O)[O-])cc1. The maximum Gasteiger partial charge on any atom is 0.349 e. The molecule has 0 unspecified atom stereocenters. The average molecular weight is 361 g/mol. The van der Waals surface area contributed by atoms with E-state index in [0.29, 0.717) is 24.0 Å². The number of benzene rings is 1. The third-order valence-electron chi connectivity index (χ3n) is 3.52. The van der Waals surface area contributed by atoms with Gasteiger partial charge in [-0.2, -0.15) is 4.98 Å². The van der Waals surface area contributed by atoms with Crippen molar-refractivity contribution in [2.45, 2.75) is 12.8 Å². The van der Waals surface area contributed by atoms with Crippen LogP contribution in [0.15, 0.2) is 30.5 Å². The van der Waals surface area contributed by atoms with Crippen LogP contribution in [0.25, 0.3) is 0 Å². The Labute approximate surface area is 152 Å². The highest BCUT2D eigenvalue weighted by Crippen LogP contribution is 2.30. The van der Waals surface area contributed by atoms with Crippen molar-refractivity contribution in [3.05, 3.63) is 40.6 Å². The Morgan fingerprint density at radius 1 is 1.19 bits per heavy atom. The van der Waals surface area contributed by atoms with Crippen LogP contribution in [-0.4, -0.2) is 54.1 Å². The quantitative estimate of drug-likeness (QED) is 0.391. The molecule has 0 aliphatic rings. The lowest BCUT2D eigenvalue weighted by Gasteiger charge is -2.10. The molecule has 1 aromatic heterocycles. The molecule has 0 aliphatic heterocycles. The standard InChI is InChI=1S/C17H23N5O4/c1-21(2)11-5-4-10-18-17-19-12-15(22(23)24)16(20-17)26-14-8-6-13(25-3)7-9-14/h6-9,12H,4-5,10-11H2,1-3H3,(H,18,19,20).